The number of anilines is 1. The molecule has 4 rings (SSSR count). The van der Waals surface area contributed by atoms with Gasteiger partial charge in [-0.1, -0.05) is 57.1 Å². The number of benzene rings is 2. The predicted octanol–water partition coefficient (Wildman–Crippen LogP) is 6.42. The van der Waals surface area contributed by atoms with Gasteiger partial charge < -0.3 is 19.6 Å². The van der Waals surface area contributed by atoms with E-state index in [9.17, 15) is 9.59 Å². The van der Waals surface area contributed by atoms with Crippen molar-refractivity contribution in [3.63, 3.8) is 0 Å². The molecule has 1 unspecified atom stereocenters. The standard InChI is InChI=1S/C33H44N4O3/c1-6-18-37(23-25-15-19-36(20-16-25)32(39)30-14-17-34-40-30)24(2)21-26-8-7-9-29(22-26)35-31(38)27-10-12-28(13-11-27)33(3,4)5/h7-14,17,22,24-25H,6,15-16,18-21,23H2,1-5H3,(H,35,38). The van der Waals surface area contributed by atoms with Crippen LogP contribution in [0.1, 0.15) is 85.9 Å². The minimum absolute atomic E-state index is 0.0559. The number of carbonyl (C=O) groups excluding carboxylic acids is 2. The zero-order valence-corrected chi connectivity index (χ0v) is 24.7. The number of nitrogens with one attached hydrogen (secondary N) is 1. The maximum Gasteiger partial charge on any atom is 0.292 e. The lowest BCUT2D eigenvalue weighted by atomic mass is 9.87. The molecule has 0 spiro atoms. The maximum atomic E-state index is 12.9. The van der Waals surface area contributed by atoms with Gasteiger partial charge in [-0.2, -0.15) is 0 Å². The average molecular weight is 545 g/mol. The molecular formula is C33H44N4O3. The topological polar surface area (TPSA) is 78.7 Å². The molecule has 1 N–H and O–H groups in total. The molecule has 7 heteroatoms. The second-order valence-corrected chi connectivity index (χ2v) is 12.1. The molecular weight excluding hydrogens is 500 g/mol. The van der Waals surface area contributed by atoms with Crippen molar-refractivity contribution in [1.82, 2.24) is 15.0 Å². The summed E-state index contributed by atoms with van der Waals surface area (Å²) in [5.41, 5.74) is 3.96. The molecule has 7 nitrogen and oxygen atoms in total. The number of hydrogen-bond donors (Lipinski definition) is 1. The van der Waals surface area contributed by atoms with Crippen molar-refractivity contribution in [1.29, 1.82) is 0 Å². The Bertz CT molecular complexity index is 1240. The third kappa shape index (κ3) is 7.81. The van der Waals surface area contributed by atoms with Crippen LogP contribution in [0.4, 0.5) is 5.69 Å². The second-order valence-electron chi connectivity index (χ2n) is 12.1. The fourth-order valence-electron chi connectivity index (χ4n) is 5.48. The lowest BCUT2D eigenvalue weighted by Crippen LogP contribution is -2.44. The Morgan fingerprint density at radius 1 is 1.10 bits per heavy atom. The van der Waals surface area contributed by atoms with Gasteiger partial charge in [-0.05, 0) is 85.9 Å². The Morgan fingerprint density at radius 2 is 1.82 bits per heavy atom. The number of likely N-dealkylation sites (tertiary alicyclic amines) is 1. The van der Waals surface area contributed by atoms with Crippen molar-refractivity contribution in [2.24, 2.45) is 5.92 Å². The van der Waals surface area contributed by atoms with E-state index < -0.39 is 0 Å². The molecule has 1 aliphatic heterocycles. The van der Waals surface area contributed by atoms with Crippen LogP contribution in [0, 0.1) is 5.92 Å². The van der Waals surface area contributed by atoms with Crippen molar-refractivity contribution in [3.05, 3.63) is 83.2 Å². The lowest BCUT2D eigenvalue weighted by Gasteiger charge is -2.37. The van der Waals surface area contributed by atoms with Crippen LogP contribution in [0.3, 0.4) is 0 Å². The molecule has 0 aliphatic carbocycles. The van der Waals surface area contributed by atoms with Crippen molar-refractivity contribution < 1.29 is 14.1 Å². The van der Waals surface area contributed by atoms with Crippen LogP contribution in [0.5, 0.6) is 0 Å². The van der Waals surface area contributed by atoms with Crippen LogP contribution in [0.15, 0.2) is 65.3 Å². The number of carbonyl (C=O) groups is 2. The second kappa shape index (κ2) is 13.3. The van der Waals surface area contributed by atoms with E-state index in [1.807, 2.05) is 41.3 Å². The highest BCUT2D eigenvalue weighted by Crippen LogP contribution is 2.24. The van der Waals surface area contributed by atoms with Crippen molar-refractivity contribution in [3.8, 4) is 0 Å². The van der Waals surface area contributed by atoms with Gasteiger partial charge in [-0.15, -0.1) is 0 Å². The molecule has 1 saturated heterocycles. The van der Waals surface area contributed by atoms with E-state index in [4.69, 9.17) is 4.52 Å². The van der Waals surface area contributed by atoms with E-state index in [1.54, 1.807) is 6.07 Å². The Hall–Kier alpha value is -3.45. The number of amides is 2. The normalized spacial score (nSPS) is 15.3. The quantitative estimate of drug-likeness (QED) is 0.319. The smallest absolute Gasteiger partial charge is 0.292 e. The Balaban J connectivity index is 1.31. The van der Waals surface area contributed by atoms with Gasteiger partial charge in [0, 0.05) is 43.0 Å². The largest absolute Gasteiger partial charge is 0.351 e. The van der Waals surface area contributed by atoms with Crippen LogP contribution in [-0.2, 0) is 11.8 Å². The molecule has 0 radical (unpaired) electrons. The van der Waals surface area contributed by atoms with Crippen molar-refractivity contribution >= 4 is 17.5 Å². The monoisotopic (exact) mass is 544 g/mol. The van der Waals surface area contributed by atoms with E-state index in [0.717, 1.165) is 57.5 Å². The first-order valence-corrected chi connectivity index (χ1v) is 14.6. The van der Waals surface area contributed by atoms with E-state index >= 15 is 0 Å². The van der Waals surface area contributed by atoms with Gasteiger partial charge in [0.05, 0.1) is 6.20 Å². The molecule has 2 heterocycles. The molecule has 1 atom stereocenters. The molecule has 0 bridgehead atoms. The minimum atomic E-state index is -0.0913. The summed E-state index contributed by atoms with van der Waals surface area (Å²) in [5.74, 6) is 0.717. The zero-order chi connectivity index (χ0) is 28.7. The molecule has 2 aromatic carbocycles. The third-order valence-electron chi connectivity index (χ3n) is 7.91. The van der Waals surface area contributed by atoms with Crippen molar-refractivity contribution in [2.45, 2.75) is 71.8 Å². The first-order chi connectivity index (χ1) is 19.1. The number of piperidine rings is 1. The Labute approximate surface area is 238 Å². The minimum Gasteiger partial charge on any atom is -0.351 e. The fourth-order valence-corrected chi connectivity index (χ4v) is 5.48. The molecule has 0 saturated carbocycles. The summed E-state index contributed by atoms with van der Waals surface area (Å²) in [4.78, 5) is 29.9. The number of nitrogens with zero attached hydrogens (tertiary/aromatic N) is 3. The summed E-state index contributed by atoms with van der Waals surface area (Å²) in [7, 11) is 0. The molecule has 1 aliphatic rings. The molecule has 214 valence electrons. The highest BCUT2D eigenvalue weighted by Gasteiger charge is 2.27. The highest BCUT2D eigenvalue weighted by atomic mass is 16.5. The summed E-state index contributed by atoms with van der Waals surface area (Å²) in [5, 5.41) is 6.74. The summed E-state index contributed by atoms with van der Waals surface area (Å²) in [6.45, 7) is 14.6. The van der Waals surface area contributed by atoms with Gasteiger partial charge in [0.25, 0.3) is 11.8 Å². The molecule has 1 aromatic heterocycles. The van der Waals surface area contributed by atoms with Gasteiger partial charge >= 0.3 is 0 Å². The lowest BCUT2D eigenvalue weighted by molar-refractivity contribution is 0.0612. The van der Waals surface area contributed by atoms with Gasteiger partial charge in [-0.25, -0.2) is 0 Å². The summed E-state index contributed by atoms with van der Waals surface area (Å²) >= 11 is 0. The van der Waals surface area contributed by atoms with Crippen LogP contribution in [0.2, 0.25) is 0 Å². The first kappa shape index (κ1) is 29.5. The summed E-state index contributed by atoms with van der Waals surface area (Å²) in [6.07, 6.45) is 5.50. The molecule has 40 heavy (non-hydrogen) atoms. The molecule has 2 amide bonds. The Kier molecular flexibility index (Phi) is 9.80. The maximum absolute atomic E-state index is 12.9. The van der Waals surface area contributed by atoms with E-state index in [2.05, 4.69) is 62.1 Å². The van der Waals surface area contributed by atoms with E-state index in [0.29, 0.717) is 23.3 Å². The molecule has 3 aromatic rings. The Morgan fingerprint density at radius 3 is 2.45 bits per heavy atom. The number of hydrogen-bond acceptors (Lipinski definition) is 5. The van der Waals surface area contributed by atoms with Crippen LogP contribution < -0.4 is 5.32 Å². The van der Waals surface area contributed by atoms with Gasteiger partial charge in [0.15, 0.2) is 0 Å². The predicted molar refractivity (Wildman–Crippen MR) is 160 cm³/mol. The van der Waals surface area contributed by atoms with E-state index in [1.165, 1.54) is 17.3 Å². The van der Waals surface area contributed by atoms with Crippen LogP contribution in [0.25, 0.3) is 0 Å². The number of aromatic nitrogens is 1. The summed E-state index contributed by atoms with van der Waals surface area (Å²) in [6, 6.07) is 18.1. The first-order valence-electron chi connectivity index (χ1n) is 14.6. The van der Waals surface area contributed by atoms with Crippen LogP contribution in [-0.4, -0.2) is 59.0 Å². The van der Waals surface area contributed by atoms with Gasteiger partial charge in [0.2, 0.25) is 5.76 Å². The third-order valence-corrected chi connectivity index (χ3v) is 7.91. The SMILES string of the molecule is CCCN(CC1CCN(C(=O)c2ccno2)CC1)C(C)Cc1cccc(NC(=O)c2ccc(C(C)(C)C)cc2)c1. The van der Waals surface area contributed by atoms with Gasteiger partial charge in [-0.3, -0.25) is 9.59 Å². The van der Waals surface area contributed by atoms with E-state index in [-0.39, 0.29) is 17.2 Å². The van der Waals surface area contributed by atoms with Crippen molar-refractivity contribution in [2.75, 3.05) is 31.5 Å². The summed E-state index contributed by atoms with van der Waals surface area (Å²) < 4.78 is 5.05. The number of rotatable bonds is 10. The fraction of sp³-hybridized carbons (Fsp3) is 0.485. The average Bonchev–Trinajstić information content (AvgIpc) is 3.48. The molecule has 1 fully saturated rings. The van der Waals surface area contributed by atoms with Gasteiger partial charge in [0.1, 0.15) is 0 Å². The highest BCUT2D eigenvalue weighted by molar-refractivity contribution is 6.04. The zero-order valence-electron chi connectivity index (χ0n) is 24.7. The van der Waals surface area contributed by atoms with Crippen LogP contribution >= 0.6 is 0 Å².